The number of aliphatic hydroxyl groups is 1. The number of carbonyl (C=O) groups excluding carboxylic acids is 1. The van der Waals surface area contributed by atoms with Crippen LogP contribution in [0.5, 0.6) is 0 Å². The number of allylic oxidation sites excluding steroid dienone is 7. The molecule has 0 aromatic heterocycles. The van der Waals surface area contributed by atoms with Gasteiger partial charge in [-0.05, 0) is 70.6 Å². The quantitative estimate of drug-likeness (QED) is 0.0248. The maximum atomic E-state index is 12.9. The van der Waals surface area contributed by atoms with Gasteiger partial charge in [0, 0.05) is 6.42 Å². The van der Waals surface area contributed by atoms with Gasteiger partial charge in [-0.3, -0.25) is 13.8 Å². The lowest BCUT2D eigenvalue weighted by molar-refractivity contribution is -0.870. The van der Waals surface area contributed by atoms with E-state index >= 15 is 0 Å². The summed E-state index contributed by atoms with van der Waals surface area (Å²) in [5.74, 6) is -0.196. The molecule has 0 aliphatic rings. The van der Waals surface area contributed by atoms with E-state index in [9.17, 15) is 19.4 Å². The van der Waals surface area contributed by atoms with E-state index in [1.54, 1.807) is 6.08 Å². The number of aliphatic hydroxyl groups excluding tert-OH is 1. The average Bonchev–Trinajstić information content (AvgIpc) is 3.12. The number of carbonyl (C=O) groups is 1. The third-order valence-corrected chi connectivity index (χ3v) is 10.5. The van der Waals surface area contributed by atoms with E-state index in [2.05, 4.69) is 55.6 Å². The largest absolute Gasteiger partial charge is 0.472 e. The summed E-state index contributed by atoms with van der Waals surface area (Å²) in [6.07, 6.45) is 46.1. The third kappa shape index (κ3) is 38.7. The summed E-state index contributed by atoms with van der Waals surface area (Å²) in [5.41, 5.74) is 0. The first-order chi connectivity index (χ1) is 26.0. The van der Waals surface area contributed by atoms with Crippen molar-refractivity contribution in [2.45, 2.75) is 193 Å². The molecule has 0 saturated heterocycles. The zero-order chi connectivity index (χ0) is 40.0. The van der Waals surface area contributed by atoms with Crippen molar-refractivity contribution in [3.05, 3.63) is 48.6 Å². The fraction of sp³-hybridized carbons (Fsp3) is 0.800. The molecule has 0 heterocycles. The van der Waals surface area contributed by atoms with E-state index < -0.39 is 20.0 Å². The van der Waals surface area contributed by atoms with Gasteiger partial charge in [0.2, 0.25) is 5.91 Å². The fourth-order valence-electron chi connectivity index (χ4n) is 5.95. The summed E-state index contributed by atoms with van der Waals surface area (Å²) in [5, 5.41) is 13.8. The summed E-state index contributed by atoms with van der Waals surface area (Å²) in [4.78, 5) is 23.1. The minimum absolute atomic E-state index is 0.0521. The number of amides is 1. The summed E-state index contributed by atoms with van der Waals surface area (Å²) < 4.78 is 23.5. The van der Waals surface area contributed by atoms with Crippen LogP contribution in [0.3, 0.4) is 0 Å². The zero-order valence-electron chi connectivity index (χ0n) is 35.7. The van der Waals surface area contributed by atoms with Gasteiger partial charge in [-0.15, -0.1) is 0 Å². The van der Waals surface area contributed by atoms with Crippen LogP contribution < -0.4 is 5.32 Å². The van der Waals surface area contributed by atoms with Gasteiger partial charge in [0.05, 0.1) is 39.9 Å². The molecule has 1 amide bonds. The highest BCUT2D eigenvalue weighted by Crippen LogP contribution is 2.43. The van der Waals surface area contributed by atoms with E-state index in [1.165, 1.54) is 109 Å². The van der Waals surface area contributed by atoms with Crippen LogP contribution in [0.2, 0.25) is 0 Å². The number of rotatable bonds is 39. The molecule has 54 heavy (non-hydrogen) atoms. The summed E-state index contributed by atoms with van der Waals surface area (Å²) in [7, 11) is 1.54. The Morgan fingerprint density at radius 2 is 1.02 bits per heavy atom. The van der Waals surface area contributed by atoms with Gasteiger partial charge in [0.15, 0.2) is 0 Å². The average molecular weight is 782 g/mol. The lowest BCUT2D eigenvalue weighted by atomic mass is 10.0. The summed E-state index contributed by atoms with van der Waals surface area (Å²) in [6, 6.07) is -0.869. The second-order valence-electron chi connectivity index (χ2n) is 16.0. The van der Waals surface area contributed by atoms with Crippen LogP contribution in [0, 0.1) is 0 Å². The smallest absolute Gasteiger partial charge is 0.387 e. The maximum Gasteiger partial charge on any atom is 0.472 e. The van der Waals surface area contributed by atoms with Crippen molar-refractivity contribution in [1.29, 1.82) is 0 Å². The highest BCUT2D eigenvalue weighted by atomic mass is 31.2. The number of quaternary nitrogens is 1. The third-order valence-electron chi connectivity index (χ3n) is 9.50. The first kappa shape index (κ1) is 52.5. The number of nitrogens with one attached hydrogen (secondary N) is 1. The molecule has 0 aromatic carbocycles. The van der Waals surface area contributed by atoms with Crippen molar-refractivity contribution in [2.75, 3.05) is 40.9 Å². The molecule has 0 rings (SSSR count). The summed E-state index contributed by atoms with van der Waals surface area (Å²) in [6.45, 7) is 4.73. The van der Waals surface area contributed by atoms with Crippen LogP contribution in [0.1, 0.15) is 181 Å². The molecule has 0 aliphatic carbocycles. The normalized spacial score (nSPS) is 14.9. The van der Waals surface area contributed by atoms with Crippen LogP contribution in [0.15, 0.2) is 48.6 Å². The van der Waals surface area contributed by atoms with Gasteiger partial charge in [-0.25, -0.2) is 4.57 Å². The van der Waals surface area contributed by atoms with Gasteiger partial charge in [0.25, 0.3) is 0 Å². The molecule has 3 atom stereocenters. The Labute approximate surface area is 333 Å². The Balaban J connectivity index is 4.44. The van der Waals surface area contributed by atoms with Crippen LogP contribution in [0.25, 0.3) is 0 Å². The van der Waals surface area contributed by atoms with Gasteiger partial charge < -0.3 is 19.8 Å². The van der Waals surface area contributed by atoms with Gasteiger partial charge in [-0.2, -0.15) is 0 Å². The monoisotopic (exact) mass is 782 g/mol. The first-order valence-corrected chi connectivity index (χ1v) is 23.5. The molecule has 3 N–H and O–H groups in total. The van der Waals surface area contributed by atoms with Crippen molar-refractivity contribution < 1.29 is 32.9 Å². The number of hydrogen-bond acceptors (Lipinski definition) is 5. The predicted octanol–water partition coefficient (Wildman–Crippen LogP) is 12.1. The minimum Gasteiger partial charge on any atom is -0.387 e. The number of hydrogen-bond donors (Lipinski definition) is 3. The molecule has 3 unspecified atom stereocenters. The van der Waals surface area contributed by atoms with E-state index in [4.69, 9.17) is 9.05 Å². The van der Waals surface area contributed by atoms with Crippen LogP contribution in [-0.4, -0.2) is 73.4 Å². The maximum absolute atomic E-state index is 12.9. The molecular weight excluding hydrogens is 695 g/mol. The molecule has 0 aromatic rings. The Hall–Kier alpha value is -1.54. The van der Waals surface area contributed by atoms with E-state index in [0.29, 0.717) is 17.4 Å². The van der Waals surface area contributed by atoms with E-state index in [0.717, 1.165) is 51.4 Å². The first-order valence-electron chi connectivity index (χ1n) is 22.0. The molecule has 0 saturated carbocycles. The number of phosphoric ester groups is 1. The van der Waals surface area contributed by atoms with Crippen molar-refractivity contribution in [1.82, 2.24) is 5.32 Å². The number of nitrogens with zero attached hydrogens (tertiary/aromatic N) is 1. The van der Waals surface area contributed by atoms with Crippen molar-refractivity contribution >= 4 is 13.7 Å². The fourth-order valence-corrected chi connectivity index (χ4v) is 6.68. The van der Waals surface area contributed by atoms with Crippen LogP contribution in [-0.2, 0) is 18.4 Å². The predicted molar refractivity (Wildman–Crippen MR) is 231 cm³/mol. The number of phosphoric acid groups is 1. The second kappa shape index (κ2) is 37.1. The Morgan fingerprint density at radius 1 is 0.611 bits per heavy atom. The molecule has 9 heteroatoms. The topological polar surface area (TPSA) is 105 Å². The van der Waals surface area contributed by atoms with E-state index in [1.807, 2.05) is 27.2 Å². The van der Waals surface area contributed by atoms with Crippen LogP contribution in [0.4, 0.5) is 0 Å². The molecular formula is C45H86N2O6P+. The highest BCUT2D eigenvalue weighted by molar-refractivity contribution is 7.47. The van der Waals surface area contributed by atoms with Crippen molar-refractivity contribution in [3.63, 3.8) is 0 Å². The molecule has 0 aliphatic heterocycles. The molecule has 316 valence electrons. The standard InChI is InChI=1S/C45H85N2O6P/c1-6-8-10-12-14-16-18-20-21-22-23-24-25-27-29-31-33-35-37-39-45(49)46-43(42-53-54(50,51)52-41-40-47(3,4)5)44(48)38-36-34-32-30-28-26-19-17-15-13-11-9-7-2/h15,17,20-21,28,30,36,38,43-44,48H,6-14,16,18-19,22-27,29,31-35,37,39-42H2,1-5H3,(H-,46,49,50,51)/p+1/b17-15+,21-20-,30-28+,38-36+. The molecule has 0 radical (unpaired) electrons. The molecule has 0 bridgehead atoms. The van der Waals surface area contributed by atoms with Crippen molar-refractivity contribution in [3.8, 4) is 0 Å². The van der Waals surface area contributed by atoms with Crippen LogP contribution >= 0.6 is 7.82 Å². The number of unbranched alkanes of at least 4 members (excludes halogenated alkanes) is 20. The molecule has 0 fully saturated rings. The minimum atomic E-state index is -4.35. The van der Waals surface area contributed by atoms with Gasteiger partial charge >= 0.3 is 7.82 Å². The zero-order valence-corrected chi connectivity index (χ0v) is 36.6. The van der Waals surface area contributed by atoms with Crippen molar-refractivity contribution in [2.24, 2.45) is 0 Å². The Kier molecular flexibility index (Phi) is 36.0. The molecule has 8 nitrogen and oxygen atoms in total. The van der Waals surface area contributed by atoms with Gasteiger partial charge in [-0.1, -0.05) is 152 Å². The van der Waals surface area contributed by atoms with Gasteiger partial charge in [0.1, 0.15) is 13.2 Å². The number of likely N-dealkylation sites (N-methyl/N-ethyl adjacent to an activating group) is 1. The lowest BCUT2D eigenvalue weighted by Gasteiger charge is -2.25. The summed E-state index contributed by atoms with van der Waals surface area (Å²) >= 11 is 0. The SMILES string of the molecule is CCCCC/C=C/CC/C=C/CC/C=C/C(O)C(COP(=O)(O)OCC[N+](C)(C)C)NC(=O)CCCCCCCCCCC/C=C\CCCCCCCC. The molecule has 0 spiro atoms. The van der Waals surface area contributed by atoms with E-state index in [-0.39, 0.29) is 19.1 Å². The highest BCUT2D eigenvalue weighted by Gasteiger charge is 2.27. The lowest BCUT2D eigenvalue weighted by Crippen LogP contribution is -2.45. The second-order valence-corrected chi connectivity index (χ2v) is 17.5. The Morgan fingerprint density at radius 3 is 1.52 bits per heavy atom. The Bertz CT molecular complexity index is 1020.